The molecule has 0 aromatic heterocycles. The second-order valence-corrected chi connectivity index (χ2v) is 6.52. The smallest absolute Gasteiger partial charge is 0.0548 e. The molecule has 0 saturated heterocycles. The van der Waals surface area contributed by atoms with Gasteiger partial charge in [0.2, 0.25) is 0 Å². The maximum absolute atomic E-state index is 5.96. The number of rotatable bonds is 7. The lowest BCUT2D eigenvalue weighted by atomic mass is 9.89. The van der Waals surface area contributed by atoms with Gasteiger partial charge in [0.25, 0.3) is 0 Å². The van der Waals surface area contributed by atoms with E-state index >= 15 is 0 Å². The molecular weight excluding hydrogens is 314 g/mol. The molecule has 0 heterocycles. The van der Waals surface area contributed by atoms with E-state index in [1.54, 1.807) is 7.11 Å². The van der Waals surface area contributed by atoms with Crippen LogP contribution in [0.25, 0.3) is 0 Å². The van der Waals surface area contributed by atoms with E-state index in [1.165, 1.54) is 5.56 Å². The summed E-state index contributed by atoms with van der Waals surface area (Å²) < 4.78 is 6.07. The Balaban J connectivity index is 2.39. The first-order valence-electron chi connectivity index (χ1n) is 6.08. The van der Waals surface area contributed by atoms with Gasteiger partial charge in [-0.1, -0.05) is 31.5 Å². The molecule has 2 nitrogen and oxygen atoms in total. The lowest BCUT2D eigenvalue weighted by Crippen LogP contribution is -2.30. The van der Waals surface area contributed by atoms with E-state index < -0.39 is 0 Å². The summed E-state index contributed by atoms with van der Waals surface area (Å²) in [6.45, 7) is 7.12. The zero-order valence-electron chi connectivity index (χ0n) is 11.2. The maximum atomic E-state index is 5.96. The summed E-state index contributed by atoms with van der Waals surface area (Å²) in [6, 6.07) is 6.01. The molecule has 0 saturated carbocycles. The van der Waals surface area contributed by atoms with E-state index in [-0.39, 0.29) is 5.41 Å². The number of hydrogen-bond acceptors (Lipinski definition) is 2. The van der Waals surface area contributed by atoms with Gasteiger partial charge in [0.05, 0.1) is 5.02 Å². The van der Waals surface area contributed by atoms with Crippen molar-refractivity contribution in [3.05, 3.63) is 33.3 Å². The molecule has 0 unspecified atom stereocenters. The van der Waals surface area contributed by atoms with Crippen molar-refractivity contribution in [3.8, 4) is 0 Å². The van der Waals surface area contributed by atoms with Crippen molar-refractivity contribution in [2.24, 2.45) is 5.41 Å². The minimum atomic E-state index is 0.250. The quantitative estimate of drug-likeness (QED) is 0.804. The van der Waals surface area contributed by atoms with Crippen molar-refractivity contribution in [3.63, 3.8) is 0 Å². The number of methoxy groups -OCH3 is 1. The number of nitrogens with one attached hydrogen (secondary N) is 1. The van der Waals surface area contributed by atoms with Crippen molar-refractivity contribution in [1.29, 1.82) is 0 Å². The number of hydrogen-bond donors (Lipinski definition) is 1. The SMILES string of the molecule is COCCC(C)(C)CNCc1ccc(Cl)c(Br)c1. The predicted molar refractivity (Wildman–Crippen MR) is 81.1 cm³/mol. The second kappa shape index (κ2) is 7.49. The largest absolute Gasteiger partial charge is 0.385 e. The average Bonchev–Trinajstić information content (AvgIpc) is 2.31. The molecule has 0 aliphatic carbocycles. The molecule has 18 heavy (non-hydrogen) atoms. The van der Waals surface area contributed by atoms with Crippen LogP contribution in [0.3, 0.4) is 0 Å². The van der Waals surface area contributed by atoms with Crippen molar-refractivity contribution in [2.75, 3.05) is 20.3 Å². The van der Waals surface area contributed by atoms with E-state index in [9.17, 15) is 0 Å². The second-order valence-electron chi connectivity index (χ2n) is 5.26. The fourth-order valence-corrected chi connectivity index (χ4v) is 2.21. The van der Waals surface area contributed by atoms with Crippen LogP contribution in [0.5, 0.6) is 0 Å². The summed E-state index contributed by atoms with van der Waals surface area (Å²) >= 11 is 9.40. The van der Waals surface area contributed by atoms with E-state index in [1.807, 2.05) is 12.1 Å². The number of halogens is 2. The molecule has 0 fully saturated rings. The lowest BCUT2D eigenvalue weighted by Gasteiger charge is -2.24. The van der Waals surface area contributed by atoms with Crippen LogP contribution < -0.4 is 5.32 Å². The minimum Gasteiger partial charge on any atom is -0.385 e. The normalized spacial score (nSPS) is 11.8. The van der Waals surface area contributed by atoms with Gasteiger partial charge in [0.1, 0.15) is 0 Å². The van der Waals surface area contributed by atoms with Gasteiger partial charge in [-0.05, 0) is 45.5 Å². The fraction of sp³-hybridized carbons (Fsp3) is 0.571. The molecule has 1 aromatic rings. The first-order chi connectivity index (χ1) is 8.44. The molecule has 4 heteroatoms. The molecule has 0 amide bonds. The third-order valence-corrected chi connectivity index (χ3v) is 4.11. The summed E-state index contributed by atoms with van der Waals surface area (Å²) in [5, 5.41) is 4.23. The molecule has 1 aromatic carbocycles. The number of benzene rings is 1. The van der Waals surface area contributed by atoms with E-state index in [0.717, 1.165) is 35.6 Å². The Morgan fingerprint density at radius 1 is 1.39 bits per heavy atom. The van der Waals surface area contributed by atoms with Crippen LogP contribution in [0, 0.1) is 5.41 Å². The van der Waals surface area contributed by atoms with Gasteiger partial charge in [0.15, 0.2) is 0 Å². The molecule has 0 aliphatic heterocycles. The lowest BCUT2D eigenvalue weighted by molar-refractivity contribution is 0.150. The van der Waals surface area contributed by atoms with Gasteiger partial charge in [0, 0.05) is 31.3 Å². The predicted octanol–water partition coefficient (Wildman–Crippen LogP) is 4.25. The summed E-state index contributed by atoms with van der Waals surface area (Å²) in [6.07, 6.45) is 1.06. The highest BCUT2D eigenvalue weighted by atomic mass is 79.9. The van der Waals surface area contributed by atoms with Gasteiger partial charge in [-0.25, -0.2) is 0 Å². The zero-order chi connectivity index (χ0) is 13.6. The molecule has 1 rings (SSSR count). The highest BCUT2D eigenvalue weighted by Gasteiger charge is 2.16. The standard InChI is InChI=1S/C14H21BrClNO/c1-14(2,6-7-18-3)10-17-9-11-4-5-13(16)12(15)8-11/h4-5,8,17H,6-7,9-10H2,1-3H3. The van der Waals surface area contributed by atoms with Gasteiger partial charge in [-0.15, -0.1) is 0 Å². The Hall–Kier alpha value is -0.0900. The topological polar surface area (TPSA) is 21.3 Å². The summed E-state index contributed by atoms with van der Waals surface area (Å²) in [4.78, 5) is 0. The summed E-state index contributed by atoms with van der Waals surface area (Å²) in [7, 11) is 1.74. The van der Waals surface area contributed by atoms with Crippen LogP contribution in [-0.4, -0.2) is 20.3 Å². The Bertz CT molecular complexity index is 382. The average molecular weight is 335 g/mol. The van der Waals surface area contributed by atoms with Crippen molar-refractivity contribution in [1.82, 2.24) is 5.32 Å². The van der Waals surface area contributed by atoms with E-state index in [4.69, 9.17) is 16.3 Å². The molecular formula is C14H21BrClNO. The third-order valence-electron chi connectivity index (χ3n) is 2.90. The van der Waals surface area contributed by atoms with Gasteiger partial charge < -0.3 is 10.1 Å². The Morgan fingerprint density at radius 2 is 2.11 bits per heavy atom. The molecule has 0 radical (unpaired) electrons. The Labute approximate surface area is 123 Å². The first-order valence-corrected chi connectivity index (χ1v) is 7.25. The zero-order valence-corrected chi connectivity index (χ0v) is 13.6. The van der Waals surface area contributed by atoms with Crippen molar-refractivity contribution >= 4 is 27.5 Å². The van der Waals surface area contributed by atoms with Crippen molar-refractivity contribution < 1.29 is 4.74 Å². The minimum absolute atomic E-state index is 0.250. The monoisotopic (exact) mass is 333 g/mol. The first kappa shape index (κ1) is 16.0. The Kier molecular flexibility index (Phi) is 6.64. The van der Waals surface area contributed by atoms with Crippen LogP contribution in [0.15, 0.2) is 22.7 Å². The van der Waals surface area contributed by atoms with Crippen molar-refractivity contribution in [2.45, 2.75) is 26.8 Å². The molecule has 102 valence electrons. The summed E-state index contributed by atoms with van der Waals surface area (Å²) in [5.74, 6) is 0. The molecule has 0 aliphatic rings. The van der Waals surface area contributed by atoms with Gasteiger partial charge in [-0.2, -0.15) is 0 Å². The third kappa shape index (κ3) is 5.70. The molecule has 0 atom stereocenters. The number of ether oxygens (including phenoxy) is 1. The molecule has 0 bridgehead atoms. The molecule has 0 spiro atoms. The van der Waals surface area contributed by atoms with Crippen LogP contribution in [0.4, 0.5) is 0 Å². The van der Waals surface area contributed by atoms with Crippen LogP contribution in [0.1, 0.15) is 25.8 Å². The van der Waals surface area contributed by atoms with Crippen LogP contribution in [0.2, 0.25) is 5.02 Å². The fourth-order valence-electron chi connectivity index (χ4n) is 1.66. The summed E-state index contributed by atoms with van der Waals surface area (Å²) in [5.41, 5.74) is 1.48. The van der Waals surface area contributed by atoms with Crippen LogP contribution >= 0.6 is 27.5 Å². The van der Waals surface area contributed by atoms with Crippen LogP contribution in [-0.2, 0) is 11.3 Å². The Morgan fingerprint density at radius 3 is 2.72 bits per heavy atom. The van der Waals surface area contributed by atoms with Gasteiger partial charge in [-0.3, -0.25) is 0 Å². The van der Waals surface area contributed by atoms with Gasteiger partial charge >= 0.3 is 0 Å². The molecule has 1 N–H and O–H groups in total. The maximum Gasteiger partial charge on any atom is 0.0548 e. The van der Waals surface area contributed by atoms with E-state index in [0.29, 0.717) is 0 Å². The highest BCUT2D eigenvalue weighted by Crippen LogP contribution is 2.23. The highest BCUT2D eigenvalue weighted by molar-refractivity contribution is 9.10. The van der Waals surface area contributed by atoms with E-state index in [2.05, 4.69) is 41.2 Å².